The Morgan fingerprint density at radius 1 is 1.07 bits per heavy atom. The van der Waals surface area contributed by atoms with Crippen LogP contribution in [0, 0.1) is 12.8 Å². The molecule has 1 amide bonds. The van der Waals surface area contributed by atoms with Crippen LogP contribution in [0.25, 0.3) is 5.70 Å². The second-order valence-corrected chi connectivity index (χ2v) is 9.16. The first-order valence-electron chi connectivity index (χ1n) is 11.2. The number of carbonyl (C=O) groups is 1. The summed E-state index contributed by atoms with van der Waals surface area (Å²) in [6.07, 6.45) is 4.99. The van der Waals surface area contributed by atoms with E-state index in [-0.39, 0.29) is 17.4 Å². The van der Waals surface area contributed by atoms with E-state index in [4.69, 9.17) is 0 Å². The zero-order valence-electron chi connectivity index (χ0n) is 18.7. The monoisotopic (exact) mass is 404 g/mol. The molecule has 1 aliphatic rings. The number of hydrogen-bond donors (Lipinski definition) is 2. The van der Waals surface area contributed by atoms with Gasteiger partial charge in [0.25, 0.3) is 0 Å². The van der Waals surface area contributed by atoms with E-state index in [1.807, 2.05) is 13.8 Å². The zero-order valence-corrected chi connectivity index (χ0v) is 18.7. The van der Waals surface area contributed by atoms with Crippen molar-refractivity contribution in [3.63, 3.8) is 0 Å². The van der Waals surface area contributed by atoms with Crippen molar-refractivity contribution in [2.75, 3.05) is 6.54 Å². The van der Waals surface area contributed by atoms with Crippen LogP contribution in [0.4, 0.5) is 0 Å². The van der Waals surface area contributed by atoms with Gasteiger partial charge in [0.2, 0.25) is 5.91 Å². The van der Waals surface area contributed by atoms with Crippen molar-refractivity contribution in [2.45, 2.75) is 64.3 Å². The van der Waals surface area contributed by atoms with Gasteiger partial charge >= 0.3 is 0 Å². The Morgan fingerprint density at radius 2 is 1.70 bits per heavy atom. The fourth-order valence-corrected chi connectivity index (χ4v) is 4.72. The van der Waals surface area contributed by atoms with Crippen molar-refractivity contribution in [1.82, 2.24) is 10.6 Å². The Kier molecular flexibility index (Phi) is 7.36. The van der Waals surface area contributed by atoms with Crippen LogP contribution in [0.3, 0.4) is 0 Å². The summed E-state index contributed by atoms with van der Waals surface area (Å²) in [4.78, 5) is 12.2. The molecule has 3 nitrogen and oxygen atoms in total. The molecule has 0 unspecified atom stereocenters. The van der Waals surface area contributed by atoms with Crippen LogP contribution < -0.4 is 10.6 Å². The van der Waals surface area contributed by atoms with Crippen molar-refractivity contribution < 1.29 is 4.79 Å². The van der Waals surface area contributed by atoms with E-state index in [2.05, 4.69) is 78.7 Å². The number of hydrogen-bond acceptors (Lipinski definition) is 2. The molecule has 0 saturated heterocycles. The minimum atomic E-state index is 0.0813. The van der Waals surface area contributed by atoms with E-state index in [0.29, 0.717) is 12.3 Å². The fraction of sp³-hybridized carbons (Fsp3) is 0.444. The number of rotatable bonds is 8. The molecular weight excluding hydrogens is 368 g/mol. The van der Waals surface area contributed by atoms with Gasteiger partial charge in [0.15, 0.2) is 0 Å². The Balaban J connectivity index is 1.69. The van der Waals surface area contributed by atoms with Gasteiger partial charge in [-0.05, 0) is 69.1 Å². The van der Waals surface area contributed by atoms with E-state index in [1.54, 1.807) is 0 Å². The minimum absolute atomic E-state index is 0.0813. The molecule has 160 valence electrons. The van der Waals surface area contributed by atoms with Gasteiger partial charge < -0.3 is 10.6 Å². The molecule has 0 bridgehead atoms. The molecule has 0 spiro atoms. The summed E-state index contributed by atoms with van der Waals surface area (Å²) in [6, 6.07) is 19.5. The lowest BCUT2D eigenvalue weighted by molar-refractivity contribution is -0.122. The van der Waals surface area contributed by atoms with Crippen molar-refractivity contribution >= 4 is 11.6 Å². The molecule has 0 radical (unpaired) electrons. The maximum atomic E-state index is 12.2. The smallest absolute Gasteiger partial charge is 0.220 e. The Morgan fingerprint density at radius 3 is 2.33 bits per heavy atom. The Labute approximate surface area is 182 Å². The lowest BCUT2D eigenvalue weighted by atomic mass is 9.66. The van der Waals surface area contributed by atoms with E-state index >= 15 is 0 Å². The third-order valence-corrected chi connectivity index (χ3v) is 6.48. The SMILES string of the molecule is C=C(NCC1(c2ccccc2)CCC(CC(=O)NC(C)C)CC1)c1ccccc1C. The van der Waals surface area contributed by atoms with E-state index < -0.39 is 0 Å². The summed E-state index contributed by atoms with van der Waals surface area (Å²) in [5.74, 6) is 0.661. The summed E-state index contributed by atoms with van der Waals surface area (Å²) in [5.41, 5.74) is 4.88. The van der Waals surface area contributed by atoms with E-state index in [9.17, 15) is 4.79 Å². The van der Waals surface area contributed by atoms with Crippen LogP contribution in [0.5, 0.6) is 0 Å². The molecule has 30 heavy (non-hydrogen) atoms. The number of aryl methyl sites for hydroxylation is 1. The lowest BCUT2D eigenvalue weighted by Crippen LogP contribution is -2.41. The highest BCUT2D eigenvalue weighted by Gasteiger charge is 2.37. The minimum Gasteiger partial charge on any atom is -0.384 e. The molecule has 0 aliphatic heterocycles. The maximum Gasteiger partial charge on any atom is 0.220 e. The number of nitrogens with one attached hydrogen (secondary N) is 2. The van der Waals surface area contributed by atoms with Crippen LogP contribution in [0.1, 0.15) is 62.6 Å². The van der Waals surface area contributed by atoms with Gasteiger partial charge in [-0.3, -0.25) is 4.79 Å². The highest BCUT2D eigenvalue weighted by atomic mass is 16.1. The molecule has 0 aromatic heterocycles. The van der Waals surface area contributed by atoms with Gasteiger partial charge in [-0.2, -0.15) is 0 Å². The third-order valence-electron chi connectivity index (χ3n) is 6.48. The summed E-state index contributed by atoms with van der Waals surface area (Å²) in [5, 5.41) is 6.70. The first-order valence-corrected chi connectivity index (χ1v) is 11.2. The van der Waals surface area contributed by atoms with Crippen molar-refractivity contribution in [3.05, 3.63) is 77.9 Å². The van der Waals surface area contributed by atoms with Crippen molar-refractivity contribution in [2.24, 2.45) is 5.92 Å². The topological polar surface area (TPSA) is 41.1 Å². The van der Waals surface area contributed by atoms with Gasteiger partial charge in [-0.25, -0.2) is 0 Å². The van der Waals surface area contributed by atoms with Gasteiger partial charge in [0.05, 0.1) is 0 Å². The average Bonchev–Trinajstić information content (AvgIpc) is 2.73. The molecule has 1 aliphatic carbocycles. The third kappa shape index (κ3) is 5.53. The highest BCUT2D eigenvalue weighted by Crippen LogP contribution is 2.42. The summed E-state index contributed by atoms with van der Waals surface area (Å²) in [7, 11) is 0. The summed E-state index contributed by atoms with van der Waals surface area (Å²) in [6.45, 7) is 11.4. The predicted molar refractivity (Wildman–Crippen MR) is 126 cm³/mol. The quantitative estimate of drug-likeness (QED) is 0.601. The normalized spacial score (nSPS) is 21.3. The van der Waals surface area contributed by atoms with Crippen molar-refractivity contribution in [1.29, 1.82) is 0 Å². The van der Waals surface area contributed by atoms with Crippen LogP contribution in [0.2, 0.25) is 0 Å². The zero-order chi connectivity index (χ0) is 21.6. The van der Waals surface area contributed by atoms with Gasteiger partial charge in [0.1, 0.15) is 0 Å². The molecule has 0 heterocycles. The highest BCUT2D eigenvalue weighted by molar-refractivity contribution is 5.76. The average molecular weight is 405 g/mol. The molecule has 2 N–H and O–H groups in total. The second-order valence-electron chi connectivity index (χ2n) is 9.16. The summed E-state index contributed by atoms with van der Waals surface area (Å²) >= 11 is 0. The molecule has 3 rings (SSSR count). The molecule has 1 saturated carbocycles. The Bertz CT molecular complexity index is 848. The lowest BCUT2D eigenvalue weighted by Gasteiger charge is -2.41. The fourth-order valence-electron chi connectivity index (χ4n) is 4.72. The second kappa shape index (κ2) is 9.97. The standard InChI is InChI=1S/C27H36N2O/c1-20(2)29-26(30)18-23-14-16-27(17-15-23,24-11-6-5-7-12-24)19-28-22(4)25-13-9-8-10-21(25)3/h5-13,20,23,28H,4,14-19H2,1-3H3,(H,29,30). The first kappa shape index (κ1) is 22.1. The Hall–Kier alpha value is -2.55. The molecule has 3 heteroatoms. The van der Waals surface area contributed by atoms with Crippen LogP contribution in [-0.2, 0) is 10.2 Å². The van der Waals surface area contributed by atoms with Crippen LogP contribution in [-0.4, -0.2) is 18.5 Å². The van der Waals surface area contributed by atoms with Crippen LogP contribution in [0.15, 0.2) is 61.2 Å². The van der Waals surface area contributed by atoms with E-state index in [0.717, 1.165) is 37.9 Å². The molecular formula is C27H36N2O. The number of benzene rings is 2. The largest absolute Gasteiger partial charge is 0.384 e. The van der Waals surface area contributed by atoms with Gasteiger partial charge in [-0.1, -0.05) is 61.2 Å². The van der Waals surface area contributed by atoms with Crippen molar-refractivity contribution in [3.8, 4) is 0 Å². The molecule has 2 aromatic carbocycles. The van der Waals surface area contributed by atoms with Gasteiger partial charge in [-0.15, -0.1) is 0 Å². The predicted octanol–water partition coefficient (Wildman–Crippen LogP) is 5.60. The molecule has 0 atom stereocenters. The maximum absolute atomic E-state index is 12.2. The summed E-state index contributed by atoms with van der Waals surface area (Å²) < 4.78 is 0. The molecule has 2 aromatic rings. The van der Waals surface area contributed by atoms with Crippen LogP contribution >= 0.6 is 0 Å². The number of amides is 1. The van der Waals surface area contributed by atoms with Gasteiger partial charge in [0, 0.05) is 30.1 Å². The number of carbonyl (C=O) groups excluding carboxylic acids is 1. The van der Waals surface area contributed by atoms with E-state index in [1.165, 1.54) is 16.7 Å². The molecule has 1 fully saturated rings. The first-order chi connectivity index (χ1) is 14.4.